The summed E-state index contributed by atoms with van der Waals surface area (Å²) in [5, 5.41) is 13.1. The van der Waals surface area contributed by atoms with E-state index in [1.165, 1.54) is 18.7 Å². The van der Waals surface area contributed by atoms with Crippen LogP contribution >= 0.6 is 0 Å². The van der Waals surface area contributed by atoms with Crippen molar-refractivity contribution in [3.8, 4) is 11.7 Å². The second-order valence-electron chi connectivity index (χ2n) is 4.18. The number of ether oxygens (including phenoxy) is 1. The molecule has 0 aliphatic heterocycles. The van der Waals surface area contributed by atoms with E-state index in [2.05, 4.69) is 10.1 Å². The van der Waals surface area contributed by atoms with E-state index in [0.717, 1.165) is 5.69 Å². The number of hydrogen-bond donors (Lipinski definition) is 1. The summed E-state index contributed by atoms with van der Waals surface area (Å²) in [6.45, 7) is 0.0247. The molecule has 0 fully saturated rings. The second kappa shape index (κ2) is 5.49. The standard InChI is InChI=1S/C14H11N3O4/c18-13(19)12-10(6-7-20-12)8-21-14-15-9-17(16-14)11-4-2-1-3-5-11/h1-7,9H,8H2,(H,18,19). The van der Waals surface area contributed by atoms with Crippen LogP contribution in [0, 0.1) is 0 Å². The third-order valence-electron chi connectivity index (χ3n) is 2.79. The van der Waals surface area contributed by atoms with Crippen LogP contribution < -0.4 is 4.74 Å². The number of carboxylic acids is 1. The highest BCUT2D eigenvalue weighted by molar-refractivity contribution is 5.85. The fourth-order valence-corrected chi connectivity index (χ4v) is 1.80. The summed E-state index contributed by atoms with van der Waals surface area (Å²) in [5.74, 6) is -1.28. The van der Waals surface area contributed by atoms with E-state index < -0.39 is 5.97 Å². The summed E-state index contributed by atoms with van der Waals surface area (Å²) in [6, 6.07) is 11.2. The predicted molar refractivity (Wildman–Crippen MR) is 71.4 cm³/mol. The van der Waals surface area contributed by atoms with Gasteiger partial charge in [0.2, 0.25) is 5.76 Å². The van der Waals surface area contributed by atoms with Gasteiger partial charge in [0.1, 0.15) is 12.9 Å². The van der Waals surface area contributed by atoms with Gasteiger partial charge in [0.15, 0.2) is 0 Å². The van der Waals surface area contributed by atoms with Gasteiger partial charge in [-0.25, -0.2) is 9.48 Å². The first kappa shape index (κ1) is 12.9. The lowest BCUT2D eigenvalue weighted by atomic mass is 10.3. The third kappa shape index (κ3) is 2.76. The number of carboxylic acid groups (broad SMARTS) is 1. The molecule has 0 radical (unpaired) electrons. The molecule has 3 aromatic rings. The summed E-state index contributed by atoms with van der Waals surface area (Å²) in [6.07, 6.45) is 2.83. The van der Waals surface area contributed by atoms with Crippen molar-refractivity contribution in [2.24, 2.45) is 0 Å². The maximum absolute atomic E-state index is 10.9. The van der Waals surface area contributed by atoms with E-state index in [0.29, 0.717) is 5.56 Å². The SMILES string of the molecule is O=C(O)c1occc1COc1ncn(-c2ccccc2)n1. The maximum atomic E-state index is 10.9. The Kier molecular flexibility index (Phi) is 3.38. The molecule has 1 aromatic carbocycles. The van der Waals surface area contributed by atoms with Gasteiger partial charge in [-0.1, -0.05) is 18.2 Å². The van der Waals surface area contributed by atoms with Crippen LogP contribution in [0.25, 0.3) is 5.69 Å². The Labute approximate surface area is 119 Å². The van der Waals surface area contributed by atoms with Gasteiger partial charge < -0.3 is 14.3 Å². The number of para-hydroxylation sites is 1. The quantitative estimate of drug-likeness (QED) is 0.772. The van der Waals surface area contributed by atoms with Crippen molar-refractivity contribution < 1.29 is 19.1 Å². The predicted octanol–water partition coefficient (Wildman–Crippen LogP) is 2.14. The Morgan fingerprint density at radius 3 is 2.86 bits per heavy atom. The molecule has 106 valence electrons. The number of benzene rings is 1. The highest BCUT2D eigenvalue weighted by Crippen LogP contribution is 2.14. The van der Waals surface area contributed by atoms with E-state index in [4.69, 9.17) is 14.3 Å². The molecule has 0 atom stereocenters. The third-order valence-corrected chi connectivity index (χ3v) is 2.79. The van der Waals surface area contributed by atoms with E-state index in [9.17, 15) is 4.79 Å². The van der Waals surface area contributed by atoms with E-state index in [1.54, 1.807) is 4.68 Å². The van der Waals surface area contributed by atoms with Gasteiger partial charge in [0, 0.05) is 5.56 Å². The zero-order chi connectivity index (χ0) is 14.7. The van der Waals surface area contributed by atoms with Crippen molar-refractivity contribution in [1.29, 1.82) is 0 Å². The molecule has 7 heteroatoms. The van der Waals surface area contributed by atoms with Crippen molar-refractivity contribution in [2.75, 3.05) is 0 Å². The number of furan rings is 1. The molecule has 0 unspecified atom stereocenters. The first-order valence-electron chi connectivity index (χ1n) is 6.13. The zero-order valence-electron chi connectivity index (χ0n) is 10.8. The molecule has 0 bridgehead atoms. The minimum atomic E-state index is -1.14. The first-order chi connectivity index (χ1) is 10.2. The second-order valence-corrected chi connectivity index (χ2v) is 4.18. The summed E-state index contributed by atoms with van der Waals surface area (Å²) in [5.41, 5.74) is 1.29. The highest BCUT2D eigenvalue weighted by Gasteiger charge is 2.15. The van der Waals surface area contributed by atoms with E-state index >= 15 is 0 Å². The molecule has 0 saturated heterocycles. The molecule has 3 rings (SSSR count). The van der Waals surface area contributed by atoms with Gasteiger partial charge in [-0.05, 0) is 18.2 Å². The Bertz CT molecular complexity index is 748. The minimum absolute atomic E-state index is 0.0247. The monoisotopic (exact) mass is 285 g/mol. The number of rotatable bonds is 5. The Balaban J connectivity index is 1.71. The van der Waals surface area contributed by atoms with Crippen LogP contribution in [0.3, 0.4) is 0 Å². The summed E-state index contributed by atoms with van der Waals surface area (Å²) >= 11 is 0. The molecule has 0 aliphatic carbocycles. The van der Waals surface area contributed by atoms with Gasteiger partial charge in [-0.2, -0.15) is 4.98 Å². The molecular weight excluding hydrogens is 274 g/mol. The van der Waals surface area contributed by atoms with Crippen LogP contribution in [0.2, 0.25) is 0 Å². The molecule has 2 aromatic heterocycles. The number of carbonyl (C=O) groups is 1. The lowest BCUT2D eigenvalue weighted by Crippen LogP contribution is -2.03. The van der Waals surface area contributed by atoms with Gasteiger partial charge in [0.25, 0.3) is 0 Å². The Morgan fingerprint density at radius 1 is 1.29 bits per heavy atom. The lowest BCUT2D eigenvalue weighted by molar-refractivity contribution is 0.0658. The molecular formula is C14H11N3O4. The van der Waals surface area contributed by atoms with Gasteiger partial charge >= 0.3 is 12.0 Å². The number of nitrogens with zero attached hydrogens (tertiary/aromatic N) is 3. The molecule has 0 spiro atoms. The minimum Gasteiger partial charge on any atom is -0.475 e. The average Bonchev–Trinajstić information content (AvgIpc) is 3.15. The topological polar surface area (TPSA) is 90.4 Å². The summed E-state index contributed by atoms with van der Waals surface area (Å²) in [4.78, 5) is 14.9. The van der Waals surface area contributed by atoms with Crippen molar-refractivity contribution in [1.82, 2.24) is 14.8 Å². The van der Waals surface area contributed by atoms with Gasteiger partial charge in [0.05, 0.1) is 12.0 Å². The Hall–Kier alpha value is -3.09. The normalized spacial score (nSPS) is 10.5. The van der Waals surface area contributed by atoms with Crippen LogP contribution in [0.4, 0.5) is 0 Å². The number of hydrogen-bond acceptors (Lipinski definition) is 5. The lowest BCUT2D eigenvalue weighted by Gasteiger charge is -2.00. The average molecular weight is 285 g/mol. The van der Waals surface area contributed by atoms with Crippen molar-refractivity contribution in [3.05, 3.63) is 60.3 Å². The number of aromatic carboxylic acids is 1. The maximum Gasteiger partial charge on any atom is 0.372 e. The highest BCUT2D eigenvalue weighted by atomic mass is 16.5. The molecule has 0 aliphatic rings. The van der Waals surface area contributed by atoms with Crippen LogP contribution in [0.15, 0.2) is 53.4 Å². The molecule has 1 N–H and O–H groups in total. The largest absolute Gasteiger partial charge is 0.475 e. The van der Waals surface area contributed by atoms with Crippen LogP contribution in [-0.2, 0) is 6.61 Å². The Morgan fingerprint density at radius 2 is 2.10 bits per heavy atom. The van der Waals surface area contributed by atoms with Crippen molar-refractivity contribution >= 4 is 5.97 Å². The zero-order valence-corrected chi connectivity index (χ0v) is 10.8. The molecule has 0 saturated carbocycles. The fraction of sp³-hybridized carbons (Fsp3) is 0.0714. The smallest absolute Gasteiger partial charge is 0.372 e. The van der Waals surface area contributed by atoms with Gasteiger partial charge in [-0.3, -0.25) is 0 Å². The fourth-order valence-electron chi connectivity index (χ4n) is 1.80. The number of aromatic nitrogens is 3. The van der Waals surface area contributed by atoms with Crippen molar-refractivity contribution in [2.45, 2.75) is 6.61 Å². The molecule has 7 nitrogen and oxygen atoms in total. The van der Waals surface area contributed by atoms with Crippen molar-refractivity contribution in [3.63, 3.8) is 0 Å². The van der Waals surface area contributed by atoms with Gasteiger partial charge in [-0.15, -0.1) is 5.10 Å². The van der Waals surface area contributed by atoms with E-state index in [1.807, 2.05) is 30.3 Å². The molecule has 0 amide bonds. The summed E-state index contributed by atoms with van der Waals surface area (Å²) < 4.78 is 11.8. The summed E-state index contributed by atoms with van der Waals surface area (Å²) in [7, 11) is 0. The molecule has 21 heavy (non-hydrogen) atoms. The van der Waals surface area contributed by atoms with Crippen LogP contribution in [0.5, 0.6) is 6.01 Å². The van der Waals surface area contributed by atoms with Crippen LogP contribution in [0.1, 0.15) is 16.1 Å². The van der Waals surface area contributed by atoms with E-state index in [-0.39, 0.29) is 18.4 Å². The molecule has 2 heterocycles. The first-order valence-corrected chi connectivity index (χ1v) is 6.13. The van der Waals surface area contributed by atoms with Crippen LogP contribution in [-0.4, -0.2) is 25.8 Å².